The maximum Gasteiger partial charge on any atom is 0.0967 e. The fourth-order valence-corrected chi connectivity index (χ4v) is 4.67. The highest BCUT2D eigenvalue weighted by atomic mass is 35.5. The third-order valence-corrected chi connectivity index (χ3v) is 6.16. The molecule has 3 rings (SSSR count). The Labute approximate surface area is 158 Å². The maximum absolute atomic E-state index is 10.0. The quantitative estimate of drug-likeness (QED) is 0.774. The highest BCUT2D eigenvalue weighted by Crippen LogP contribution is 2.39. The van der Waals surface area contributed by atoms with Gasteiger partial charge in [-0.2, -0.15) is 0 Å². The molecular formula is C20H25ClO3S. The van der Waals surface area contributed by atoms with Gasteiger partial charge < -0.3 is 14.9 Å². The van der Waals surface area contributed by atoms with Crippen molar-refractivity contribution in [2.75, 3.05) is 6.61 Å². The topological polar surface area (TPSA) is 49.7 Å². The molecule has 3 unspecified atom stereocenters. The summed E-state index contributed by atoms with van der Waals surface area (Å²) in [7, 11) is 0. The van der Waals surface area contributed by atoms with Crippen LogP contribution in [-0.2, 0) is 17.6 Å². The summed E-state index contributed by atoms with van der Waals surface area (Å²) in [4.78, 5) is 1.03. The molecule has 2 heterocycles. The summed E-state index contributed by atoms with van der Waals surface area (Å²) in [6.45, 7) is 2.12. The van der Waals surface area contributed by atoms with E-state index in [2.05, 4.69) is 37.3 Å². The SMILES string of the molecule is CCCc1ccc(Cc2cc(C3CC(O)CC(CO)O3)sc2Cl)cc1. The van der Waals surface area contributed by atoms with Crippen LogP contribution < -0.4 is 0 Å². The minimum Gasteiger partial charge on any atom is -0.394 e. The van der Waals surface area contributed by atoms with Crippen LogP contribution in [-0.4, -0.2) is 29.0 Å². The van der Waals surface area contributed by atoms with Gasteiger partial charge in [0.15, 0.2) is 0 Å². The van der Waals surface area contributed by atoms with E-state index in [1.165, 1.54) is 22.5 Å². The van der Waals surface area contributed by atoms with Crippen LogP contribution in [0.4, 0.5) is 0 Å². The largest absolute Gasteiger partial charge is 0.394 e. The Balaban J connectivity index is 1.71. The van der Waals surface area contributed by atoms with Crippen molar-refractivity contribution in [1.29, 1.82) is 0 Å². The van der Waals surface area contributed by atoms with E-state index in [0.717, 1.165) is 34.0 Å². The summed E-state index contributed by atoms with van der Waals surface area (Å²) in [5.74, 6) is 0. The fourth-order valence-electron chi connectivity index (χ4n) is 3.33. The molecule has 0 bridgehead atoms. The number of halogens is 1. The zero-order chi connectivity index (χ0) is 17.8. The molecule has 3 nitrogen and oxygen atoms in total. The summed E-state index contributed by atoms with van der Waals surface area (Å²) in [6, 6.07) is 10.8. The molecule has 1 aromatic carbocycles. The van der Waals surface area contributed by atoms with Gasteiger partial charge in [0, 0.05) is 17.7 Å². The normalized spacial score (nSPS) is 23.8. The van der Waals surface area contributed by atoms with Crippen molar-refractivity contribution in [1.82, 2.24) is 0 Å². The molecule has 0 radical (unpaired) electrons. The zero-order valence-corrected chi connectivity index (χ0v) is 16.0. The maximum atomic E-state index is 10.0. The lowest BCUT2D eigenvalue weighted by atomic mass is 9.99. The number of thiophene rings is 1. The molecule has 1 aromatic heterocycles. The predicted molar refractivity (Wildman–Crippen MR) is 103 cm³/mol. The van der Waals surface area contributed by atoms with Gasteiger partial charge in [-0.15, -0.1) is 11.3 Å². The molecule has 136 valence electrons. The van der Waals surface area contributed by atoms with Crippen LogP contribution in [0, 0.1) is 0 Å². The molecule has 1 fully saturated rings. The lowest BCUT2D eigenvalue weighted by Gasteiger charge is -2.31. The summed E-state index contributed by atoms with van der Waals surface area (Å²) < 4.78 is 6.67. The Bertz CT molecular complexity index is 683. The molecule has 3 atom stereocenters. The number of rotatable bonds is 6. The summed E-state index contributed by atoms with van der Waals surface area (Å²) >= 11 is 7.97. The average Bonchev–Trinajstić information content (AvgIpc) is 2.97. The van der Waals surface area contributed by atoms with Crippen LogP contribution in [0.2, 0.25) is 4.34 Å². The van der Waals surface area contributed by atoms with Crippen molar-refractivity contribution < 1.29 is 14.9 Å². The fraction of sp³-hybridized carbons (Fsp3) is 0.500. The second-order valence-corrected chi connectivity index (χ2v) is 8.43. The lowest BCUT2D eigenvalue weighted by molar-refractivity contribution is -0.112. The number of hydrogen-bond donors (Lipinski definition) is 2. The number of aliphatic hydroxyl groups is 2. The van der Waals surface area contributed by atoms with Gasteiger partial charge in [0.2, 0.25) is 0 Å². The van der Waals surface area contributed by atoms with Crippen molar-refractivity contribution in [3.63, 3.8) is 0 Å². The molecular weight excluding hydrogens is 356 g/mol. The predicted octanol–water partition coefficient (Wildman–Crippen LogP) is 4.52. The Hall–Kier alpha value is -0.910. The average molecular weight is 381 g/mol. The first-order chi connectivity index (χ1) is 12.1. The molecule has 0 saturated carbocycles. The van der Waals surface area contributed by atoms with E-state index in [4.69, 9.17) is 16.3 Å². The van der Waals surface area contributed by atoms with Crippen molar-refractivity contribution in [2.45, 2.75) is 57.3 Å². The van der Waals surface area contributed by atoms with Gasteiger partial charge >= 0.3 is 0 Å². The van der Waals surface area contributed by atoms with E-state index in [1.807, 2.05) is 0 Å². The van der Waals surface area contributed by atoms with Crippen molar-refractivity contribution >= 4 is 22.9 Å². The third-order valence-electron chi connectivity index (χ3n) is 4.63. The highest BCUT2D eigenvalue weighted by molar-refractivity contribution is 7.16. The summed E-state index contributed by atoms with van der Waals surface area (Å²) in [5, 5.41) is 19.3. The molecule has 0 amide bonds. The second-order valence-electron chi connectivity index (χ2n) is 6.75. The van der Waals surface area contributed by atoms with Crippen molar-refractivity contribution in [2.24, 2.45) is 0 Å². The number of hydrogen-bond acceptors (Lipinski definition) is 4. The van der Waals surface area contributed by atoms with Gasteiger partial charge in [0.1, 0.15) is 0 Å². The van der Waals surface area contributed by atoms with E-state index in [-0.39, 0.29) is 18.8 Å². The minimum atomic E-state index is -0.439. The van der Waals surface area contributed by atoms with Gasteiger partial charge in [-0.3, -0.25) is 0 Å². The number of aliphatic hydroxyl groups excluding tert-OH is 2. The van der Waals surface area contributed by atoms with Crippen molar-refractivity contribution in [3.8, 4) is 0 Å². The third kappa shape index (κ3) is 4.83. The van der Waals surface area contributed by atoms with Crippen molar-refractivity contribution in [3.05, 3.63) is 56.2 Å². The molecule has 2 N–H and O–H groups in total. The van der Waals surface area contributed by atoms with Gasteiger partial charge in [-0.1, -0.05) is 49.2 Å². The van der Waals surface area contributed by atoms with E-state index in [0.29, 0.717) is 12.8 Å². The molecule has 25 heavy (non-hydrogen) atoms. The van der Waals surface area contributed by atoms with Gasteiger partial charge in [0.05, 0.1) is 29.3 Å². The molecule has 0 aliphatic carbocycles. The smallest absolute Gasteiger partial charge is 0.0967 e. The summed E-state index contributed by atoms with van der Waals surface area (Å²) in [5.41, 5.74) is 3.70. The van der Waals surface area contributed by atoms with Gasteiger partial charge in [-0.05, 0) is 35.6 Å². The highest BCUT2D eigenvalue weighted by Gasteiger charge is 2.30. The van der Waals surface area contributed by atoms with Crippen LogP contribution in [0.5, 0.6) is 0 Å². The molecule has 2 aromatic rings. The van der Waals surface area contributed by atoms with E-state index < -0.39 is 6.10 Å². The summed E-state index contributed by atoms with van der Waals surface area (Å²) in [6.07, 6.45) is 3.17. The van der Waals surface area contributed by atoms with Crippen LogP contribution in [0.1, 0.15) is 53.9 Å². The Morgan fingerprint density at radius 2 is 1.92 bits per heavy atom. The molecule has 0 spiro atoms. The molecule has 1 saturated heterocycles. The van der Waals surface area contributed by atoms with Gasteiger partial charge in [0.25, 0.3) is 0 Å². The number of benzene rings is 1. The molecule has 1 aliphatic rings. The molecule has 1 aliphatic heterocycles. The standard InChI is InChI=1S/C20H25ClO3S/c1-2-3-13-4-6-14(7-5-13)8-15-9-19(25-20(15)21)18-11-16(23)10-17(12-22)24-18/h4-7,9,16-18,22-23H,2-3,8,10-12H2,1H3. The van der Waals surface area contributed by atoms with Crippen LogP contribution in [0.15, 0.2) is 30.3 Å². The first-order valence-corrected chi connectivity index (χ1v) is 10.1. The Kier molecular flexibility index (Phi) is 6.53. The molecule has 5 heteroatoms. The zero-order valence-electron chi connectivity index (χ0n) is 14.5. The Morgan fingerprint density at radius 1 is 1.20 bits per heavy atom. The number of aryl methyl sites for hydroxylation is 1. The Morgan fingerprint density at radius 3 is 2.60 bits per heavy atom. The van der Waals surface area contributed by atoms with Crippen LogP contribution >= 0.6 is 22.9 Å². The minimum absolute atomic E-state index is 0.0658. The first-order valence-electron chi connectivity index (χ1n) is 8.89. The van der Waals surface area contributed by atoms with E-state index >= 15 is 0 Å². The monoisotopic (exact) mass is 380 g/mol. The number of ether oxygens (including phenoxy) is 1. The van der Waals surface area contributed by atoms with Crippen LogP contribution in [0.25, 0.3) is 0 Å². The lowest BCUT2D eigenvalue weighted by Crippen LogP contribution is -2.33. The van der Waals surface area contributed by atoms with E-state index in [1.54, 1.807) is 0 Å². The van der Waals surface area contributed by atoms with Crippen LogP contribution in [0.3, 0.4) is 0 Å². The first kappa shape index (κ1) is 18.9. The van der Waals surface area contributed by atoms with Gasteiger partial charge in [-0.25, -0.2) is 0 Å². The van der Waals surface area contributed by atoms with E-state index in [9.17, 15) is 10.2 Å². The second kappa shape index (κ2) is 8.65.